The number of hydrogen-bond donors (Lipinski definition) is 2. The molecule has 0 saturated heterocycles. The second kappa shape index (κ2) is 6.10. The standard InChI is InChI=1S/C18H10ClFN6/c19-13-5-10(4-11-7-24-26-16(11)13)17-18(25-14(22)8-23-17)12-3-1-2-9(6-21)15(12)20/h1-5,7-8H,(H2,22,25)(H,24,26). The smallest absolute Gasteiger partial charge is 0.150 e. The average Bonchev–Trinajstić information content (AvgIpc) is 3.11. The maximum Gasteiger partial charge on any atom is 0.150 e. The summed E-state index contributed by atoms with van der Waals surface area (Å²) >= 11 is 6.30. The Balaban J connectivity index is 2.00. The first kappa shape index (κ1) is 16.0. The zero-order chi connectivity index (χ0) is 18.3. The molecule has 0 atom stereocenters. The molecular formula is C18H10ClFN6. The minimum atomic E-state index is -0.674. The summed E-state index contributed by atoms with van der Waals surface area (Å²) < 4.78 is 14.7. The van der Waals surface area contributed by atoms with E-state index >= 15 is 0 Å². The highest BCUT2D eigenvalue weighted by molar-refractivity contribution is 6.35. The molecular weight excluding hydrogens is 355 g/mol. The van der Waals surface area contributed by atoms with Crippen LogP contribution in [-0.4, -0.2) is 20.2 Å². The zero-order valence-electron chi connectivity index (χ0n) is 13.2. The number of halogens is 2. The highest BCUT2D eigenvalue weighted by atomic mass is 35.5. The van der Waals surface area contributed by atoms with E-state index in [1.807, 2.05) is 12.1 Å². The molecule has 0 aliphatic heterocycles. The molecule has 26 heavy (non-hydrogen) atoms. The van der Waals surface area contributed by atoms with Gasteiger partial charge in [0.25, 0.3) is 0 Å². The molecule has 0 aliphatic rings. The van der Waals surface area contributed by atoms with E-state index in [1.165, 1.54) is 18.3 Å². The van der Waals surface area contributed by atoms with Gasteiger partial charge in [0.2, 0.25) is 0 Å². The number of nitrogen functional groups attached to an aromatic ring is 1. The number of aromatic nitrogens is 4. The van der Waals surface area contributed by atoms with Gasteiger partial charge in [-0.15, -0.1) is 0 Å². The molecule has 3 N–H and O–H groups in total. The van der Waals surface area contributed by atoms with Gasteiger partial charge in [-0.3, -0.25) is 10.1 Å². The van der Waals surface area contributed by atoms with Gasteiger partial charge in [-0.1, -0.05) is 17.7 Å². The Morgan fingerprint density at radius 2 is 2.04 bits per heavy atom. The van der Waals surface area contributed by atoms with Crippen LogP contribution in [-0.2, 0) is 0 Å². The molecule has 4 aromatic rings. The van der Waals surface area contributed by atoms with Crippen LogP contribution in [0.4, 0.5) is 10.2 Å². The second-order valence-electron chi connectivity index (χ2n) is 5.56. The van der Waals surface area contributed by atoms with Crippen LogP contribution in [0.25, 0.3) is 33.4 Å². The number of H-pyrrole nitrogens is 1. The third kappa shape index (κ3) is 2.53. The molecule has 0 aliphatic carbocycles. The van der Waals surface area contributed by atoms with Crippen molar-refractivity contribution < 1.29 is 4.39 Å². The summed E-state index contributed by atoms with van der Waals surface area (Å²) in [5.41, 5.74) is 7.78. The molecule has 0 radical (unpaired) electrons. The first-order chi connectivity index (χ1) is 12.6. The third-order valence-electron chi connectivity index (χ3n) is 3.94. The van der Waals surface area contributed by atoms with Crippen molar-refractivity contribution in [2.45, 2.75) is 0 Å². The van der Waals surface area contributed by atoms with E-state index in [-0.39, 0.29) is 22.6 Å². The van der Waals surface area contributed by atoms with Gasteiger partial charge in [-0.25, -0.2) is 9.37 Å². The van der Waals surface area contributed by atoms with Crippen LogP contribution in [0.5, 0.6) is 0 Å². The van der Waals surface area contributed by atoms with Gasteiger partial charge in [-0.05, 0) is 24.3 Å². The molecule has 8 heteroatoms. The van der Waals surface area contributed by atoms with E-state index in [0.29, 0.717) is 21.8 Å². The first-order valence-electron chi connectivity index (χ1n) is 7.53. The van der Waals surface area contributed by atoms with Crippen molar-refractivity contribution in [3.8, 4) is 28.6 Å². The number of anilines is 1. The van der Waals surface area contributed by atoms with Gasteiger partial charge in [0.05, 0.1) is 34.2 Å². The van der Waals surface area contributed by atoms with Crippen LogP contribution in [0.15, 0.2) is 42.7 Å². The lowest BCUT2D eigenvalue weighted by atomic mass is 10.0. The lowest BCUT2D eigenvalue weighted by molar-refractivity contribution is 0.627. The van der Waals surface area contributed by atoms with Crippen molar-refractivity contribution in [1.29, 1.82) is 5.26 Å². The van der Waals surface area contributed by atoms with Crippen molar-refractivity contribution in [1.82, 2.24) is 20.2 Å². The monoisotopic (exact) mass is 364 g/mol. The molecule has 4 rings (SSSR count). The summed E-state index contributed by atoms with van der Waals surface area (Å²) in [6.07, 6.45) is 3.02. The lowest BCUT2D eigenvalue weighted by Crippen LogP contribution is -2.00. The summed E-state index contributed by atoms with van der Waals surface area (Å²) in [7, 11) is 0. The number of fused-ring (bicyclic) bond motifs is 1. The fraction of sp³-hybridized carbons (Fsp3) is 0. The molecule has 2 aromatic carbocycles. The molecule has 0 saturated carbocycles. The van der Waals surface area contributed by atoms with Crippen molar-refractivity contribution in [3.63, 3.8) is 0 Å². The second-order valence-corrected chi connectivity index (χ2v) is 5.97. The third-order valence-corrected chi connectivity index (χ3v) is 4.24. The zero-order valence-corrected chi connectivity index (χ0v) is 13.9. The normalized spacial score (nSPS) is 10.8. The number of nitrogens with zero attached hydrogens (tertiary/aromatic N) is 4. The van der Waals surface area contributed by atoms with E-state index < -0.39 is 5.82 Å². The van der Waals surface area contributed by atoms with Crippen LogP contribution in [0.3, 0.4) is 0 Å². The minimum absolute atomic E-state index is 0.0824. The summed E-state index contributed by atoms with van der Waals surface area (Å²) in [5.74, 6) is -0.535. The summed E-state index contributed by atoms with van der Waals surface area (Å²) in [6.45, 7) is 0. The highest BCUT2D eigenvalue weighted by Gasteiger charge is 2.18. The van der Waals surface area contributed by atoms with E-state index in [4.69, 9.17) is 22.6 Å². The lowest BCUT2D eigenvalue weighted by Gasteiger charge is -2.11. The van der Waals surface area contributed by atoms with E-state index in [2.05, 4.69) is 20.2 Å². The van der Waals surface area contributed by atoms with Crippen LogP contribution >= 0.6 is 11.6 Å². The quantitative estimate of drug-likeness (QED) is 0.560. The van der Waals surface area contributed by atoms with Crippen LogP contribution in [0.1, 0.15) is 5.56 Å². The molecule has 126 valence electrons. The van der Waals surface area contributed by atoms with E-state index in [1.54, 1.807) is 18.3 Å². The minimum Gasteiger partial charge on any atom is -0.382 e. The Kier molecular flexibility index (Phi) is 3.75. The van der Waals surface area contributed by atoms with Gasteiger partial charge < -0.3 is 5.73 Å². The predicted octanol–water partition coefficient (Wildman–Crippen LogP) is 3.93. The maximum atomic E-state index is 14.7. The molecule has 6 nitrogen and oxygen atoms in total. The van der Waals surface area contributed by atoms with Crippen molar-refractivity contribution >= 4 is 28.3 Å². The predicted molar refractivity (Wildman–Crippen MR) is 96.7 cm³/mol. The number of aromatic amines is 1. The van der Waals surface area contributed by atoms with Gasteiger partial charge in [-0.2, -0.15) is 10.4 Å². The molecule has 2 heterocycles. The Morgan fingerprint density at radius 1 is 1.19 bits per heavy atom. The first-order valence-corrected chi connectivity index (χ1v) is 7.91. The van der Waals surface area contributed by atoms with E-state index in [0.717, 1.165) is 5.39 Å². The van der Waals surface area contributed by atoms with Crippen LogP contribution in [0.2, 0.25) is 5.02 Å². The van der Waals surface area contributed by atoms with Gasteiger partial charge in [0.15, 0.2) is 0 Å². The highest BCUT2D eigenvalue weighted by Crippen LogP contribution is 2.35. The topological polar surface area (TPSA) is 104 Å². The Hall–Kier alpha value is -3.50. The van der Waals surface area contributed by atoms with Crippen molar-refractivity contribution in [3.05, 3.63) is 59.1 Å². The average molecular weight is 365 g/mol. The Bertz CT molecular complexity index is 1190. The van der Waals surface area contributed by atoms with Crippen molar-refractivity contribution in [2.75, 3.05) is 5.73 Å². The number of nitrogens with two attached hydrogens (primary N) is 1. The number of nitriles is 1. The Labute approximate surface area is 152 Å². The molecule has 2 aromatic heterocycles. The molecule has 0 unspecified atom stereocenters. The fourth-order valence-corrected chi connectivity index (χ4v) is 3.02. The number of rotatable bonds is 2. The van der Waals surface area contributed by atoms with Crippen LogP contribution < -0.4 is 5.73 Å². The molecule has 0 spiro atoms. The van der Waals surface area contributed by atoms with Crippen molar-refractivity contribution in [2.24, 2.45) is 0 Å². The Morgan fingerprint density at radius 3 is 2.85 bits per heavy atom. The van der Waals surface area contributed by atoms with Gasteiger partial charge in [0.1, 0.15) is 23.4 Å². The summed E-state index contributed by atoms with van der Waals surface area (Å²) in [6, 6.07) is 9.84. The number of benzene rings is 2. The largest absolute Gasteiger partial charge is 0.382 e. The molecule has 0 fully saturated rings. The fourth-order valence-electron chi connectivity index (χ4n) is 2.75. The molecule has 0 amide bonds. The van der Waals surface area contributed by atoms with E-state index in [9.17, 15) is 4.39 Å². The number of nitrogens with one attached hydrogen (secondary N) is 1. The van der Waals surface area contributed by atoms with Gasteiger partial charge >= 0.3 is 0 Å². The number of hydrogen-bond acceptors (Lipinski definition) is 5. The summed E-state index contributed by atoms with van der Waals surface area (Å²) in [4.78, 5) is 8.58. The van der Waals surface area contributed by atoms with Gasteiger partial charge in [0, 0.05) is 16.5 Å². The molecule has 0 bridgehead atoms. The summed E-state index contributed by atoms with van der Waals surface area (Å²) in [5, 5.41) is 17.1. The van der Waals surface area contributed by atoms with Crippen LogP contribution in [0, 0.1) is 17.1 Å². The SMILES string of the molecule is N#Cc1cccc(-c2nc(N)cnc2-c2cc(Cl)c3[nH]ncc3c2)c1F. The maximum absolute atomic E-state index is 14.7.